The second kappa shape index (κ2) is 10.3. The molecule has 1 unspecified atom stereocenters. The average molecular weight is 368 g/mol. The standard InChI is InChI=1S/C21H29BN2O3/c22-14-8-7-13-21(23,20(26)27)15-24-18(16-9-3-1-4-10-16)19(25)17-11-5-2-6-12-17/h1-6,9-12,18-19,24-25H,7-8,13-15,22-23H2,(H,26,27)/t18-,19+,21?/m0/s1. The molecule has 2 aromatic carbocycles. The van der Waals surface area contributed by atoms with Gasteiger partial charge in [0.05, 0.1) is 12.1 Å². The Hall–Kier alpha value is -2.15. The van der Waals surface area contributed by atoms with Crippen molar-refractivity contribution in [1.82, 2.24) is 5.32 Å². The topological polar surface area (TPSA) is 95.6 Å². The minimum absolute atomic E-state index is 0.0789. The van der Waals surface area contributed by atoms with Gasteiger partial charge >= 0.3 is 5.97 Å². The zero-order valence-electron chi connectivity index (χ0n) is 15.8. The number of aliphatic hydroxyl groups excluding tert-OH is 1. The van der Waals surface area contributed by atoms with E-state index in [1.807, 2.05) is 60.7 Å². The minimum Gasteiger partial charge on any atom is -0.480 e. The fraction of sp³-hybridized carbons (Fsp3) is 0.381. The molecule has 3 atom stereocenters. The van der Waals surface area contributed by atoms with E-state index in [4.69, 9.17) is 5.73 Å². The largest absolute Gasteiger partial charge is 0.480 e. The molecule has 0 heterocycles. The predicted octanol–water partition coefficient (Wildman–Crippen LogP) is 2.05. The van der Waals surface area contributed by atoms with Crippen molar-refractivity contribution < 1.29 is 15.0 Å². The van der Waals surface area contributed by atoms with Crippen molar-refractivity contribution in [2.24, 2.45) is 5.73 Å². The highest BCUT2D eigenvalue weighted by atomic mass is 16.4. The number of nitrogens with two attached hydrogens (primary N) is 1. The lowest BCUT2D eigenvalue weighted by molar-refractivity contribution is -0.143. The van der Waals surface area contributed by atoms with Crippen molar-refractivity contribution in [1.29, 1.82) is 0 Å². The van der Waals surface area contributed by atoms with Crippen LogP contribution in [0.3, 0.4) is 0 Å². The van der Waals surface area contributed by atoms with Crippen molar-refractivity contribution in [2.75, 3.05) is 6.54 Å². The van der Waals surface area contributed by atoms with Gasteiger partial charge in [0.2, 0.25) is 0 Å². The molecule has 6 heteroatoms. The van der Waals surface area contributed by atoms with E-state index in [0.717, 1.165) is 30.3 Å². The molecule has 0 saturated heterocycles. The molecule has 0 amide bonds. The van der Waals surface area contributed by atoms with Gasteiger partial charge in [0, 0.05) is 6.54 Å². The van der Waals surface area contributed by atoms with Crippen molar-refractivity contribution in [3.05, 3.63) is 71.8 Å². The number of benzene rings is 2. The van der Waals surface area contributed by atoms with Crippen LogP contribution in [-0.4, -0.2) is 36.1 Å². The molecule has 5 nitrogen and oxygen atoms in total. The number of unbranched alkanes of at least 4 members (excludes halogenated alkanes) is 1. The first-order valence-corrected chi connectivity index (χ1v) is 9.51. The monoisotopic (exact) mass is 368 g/mol. The molecule has 0 aromatic heterocycles. The van der Waals surface area contributed by atoms with Crippen LogP contribution in [0.1, 0.15) is 42.5 Å². The molecule has 0 spiro atoms. The fourth-order valence-electron chi connectivity index (χ4n) is 3.17. The fourth-order valence-corrected chi connectivity index (χ4v) is 3.17. The average Bonchev–Trinajstić information content (AvgIpc) is 2.69. The summed E-state index contributed by atoms with van der Waals surface area (Å²) in [6.45, 7) is 0.0789. The zero-order valence-corrected chi connectivity index (χ0v) is 15.8. The van der Waals surface area contributed by atoms with Gasteiger partial charge in [0.15, 0.2) is 0 Å². The summed E-state index contributed by atoms with van der Waals surface area (Å²) in [6, 6.07) is 18.4. The Morgan fingerprint density at radius 1 is 1.04 bits per heavy atom. The number of hydrogen-bond donors (Lipinski definition) is 4. The number of carboxylic acid groups (broad SMARTS) is 1. The van der Waals surface area contributed by atoms with Crippen molar-refractivity contribution >= 4 is 13.8 Å². The molecule has 5 N–H and O–H groups in total. The van der Waals surface area contributed by atoms with Crippen LogP contribution in [0.25, 0.3) is 0 Å². The predicted molar refractivity (Wildman–Crippen MR) is 110 cm³/mol. The number of carbonyl (C=O) groups is 1. The summed E-state index contributed by atoms with van der Waals surface area (Å²) in [5.74, 6) is -1.02. The van der Waals surface area contributed by atoms with E-state index < -0.39 is 23.7 Å². The van der Waals surface area contributed by atoms with Gasteiger partial charge in [0.1, 0.15) is 13.4 Å². The molecule has 144 valence electrons. The van der Waals surface area contributed by atoms with E-state index in [0.29, 0.717) is 6.42 Å². The maximum Gasteiger partial charge on any atom is 0.325 e. The Bertz CT molecular complexity index is 699. The van der Waals surface area contributed by atoms with Gasteiger partial charge in [-0.05, 0) is 17.5 Å². The van der Waals surface area contributed by atoms with E-state index in [-0.39, 0.29) is 6.54 Å². The quantitative estimate of drug-likeness (QED) is 0.360. The van der Waals surface area contributed by atoms with Crippen molar-refractivity contribution in [3.63, 3.8) is 0 Å². The third-order valence-corrected chi connectivity index (χ3v) is 4.91. The Balaban J connectivity index is 2.20. The molecule has 0 aliphatic heterocycles. The Morgan fingerprint density at radius 3 is 2.11 bits per heavy atom. The van der Waals surface area contributed by atoms with Gasteiger partial charge < -0.3 is 21.3 Å². The lowest BCUT2D eigenvalue weighted by atomic mass is 9.89. The van der Waals surface area contributed by atoms with Crippen LogP contribution in [0.4, 0.5) is 0 Å². The highest BCUT2D eigenvalue weighted by Crippen LogP contribution is 2.29. The molecular formula is C21H29BN2O3. The van der Waals surface area contributed by atoms with Crippen LogP contribution in [-0.2, 0) is 4.79 Å². The first kappa shape index (κ1) is 21.2. The first-order chi connectivity index (χ1) is 13.0. The molecular weight excluding hydrogens is 339 g/mol. The highest BCUT2D eigenvalue weighted by Gasteiger charge is 2.35. The summed E-state index contributed by atoms with van der Waals surface area (Å²) in [4.78, 5) is 11.8. The molecule has 2 rings (SSSR count). The van der Waals surface area contributed by atoms with E-state index >= 15 is 0 Å². The zero-order chi connectivity index (χ0) is 19.7. The van der Waals surface area contributed by atoms with Crippen LogP contribution >= 0.6 is 0 Å². The first-order valence-electron chi connectivity index (χ1n) is 9.51. The van der Waals surface area contributed by atoms with Crippen molar-refractivity contribution in [3.8, 4) is 0 Å². The maximum absolute atomic E-state index is 11.8. The van der Waals surface area contributed by atoms with Crippen LogP contribution in [0.15, 0.2) is 60.7 Å². The second-order valence-corrected chi connectivity index (χ2v) is 7.04. The molecule has 2 aromatic rings. The Morgan fingerprint density at radius 2 is 1.59 bits per heavy atom. The smallest absolute Gasteiger partial charge is 0.325 e. The van der Waals surface area contributed by atoms with Gasteiger partial charge in [-0.1, -0.05) is 79.8 Å². The lowest BCUT2D eigenvalue weighted by Crippen LogP contribution is -2.56. The summed E-state index contributed by atoms with van der Waals surface area (Å²) >= 11 is 0. The number of rotatable bonds is 11. The van der Waals surface area contributed by atoms with E-state index in [9.17, 15) is 15.0 Å². The van der Waals surface area contributed by atoms with Crippen LogP contribution in [0.5, 0.6) is 0 Å². The number of aliphatic hydroxyl groups is 1. The summed E-state index contributed by atoms with van der Waals surface area (Å²) in [5.41, 5.74) is 6.49. The Labute approximate surface area is 162 Å². The number of carboxylic acids is 1. The number of nitrogens with one attached hydrogen (secondary N) is 1. The summed E-state index contributed by atoms with van der Waals surface area (Å²) < 4.78 is 0. The molecule has 0 aliphatic rings. The third-order valence-electron chi connectivity index (χ3n) is 4.91. The summed E-state index contributed by atoms with van der Waals surface area (Å²) in [6.07, 6.45) is 2.29. The highest BCUT2D eigenvalue weighted by molar-refractivity contribution is 6.08. The van der Waals surface area contributed by atoms with E-state index in [2.05, 4.69) is 13.2 Å². The van der Waals surface area contributed by atoms with E-state index in [1.165, 1.54) is 0 Å². The molecule has 0 aliphatic carbocycles. The molecule has 0 radical (unpaired) electrons. The molecule has 0 fully saturated rings. The van der Waals surface area contributed by atoms with Gasteiger partial charge in [-0.3, -0.25) is 4.79 Å². The lowest BCUT2D eigenvalue weighted by Gasteiger charge is -2.31. The van der Waals surface area contributed by atoms with Crippen molar-refractivity contribution in [2.45, 2.75) is 43.3 Å². The molecule has 27 heavy (non-hydrogen) atoms. The summed E-state index contributed by atoms with van der Waals surface area (Å²) in [5, 5.41) is 23.8. The van der Waals surface area contributed by atoms with Gasteiger partial charge in [-0.2, -0.15) is 0 Å². The Kier molecular flexibility index (Phi) is 8.04. The third kappa shape index (κ3) is 5.92. The van der Waals surface area contributed by atoms with Crippen LogP contribution < -0.4 is 11.1 Å². The molecule has 0 saturated carbocycles. The van der Waals surface area contributed by atoms with Crippen LogP contribution in [0.2, 0.25) is 6.32 Å². The van der Waals surface area contributed by atoms with Gasteiger partial charge in [0.25, 0.3) is 0 Å². The van der Waals surface area contributed by atoms with Crippen LogP contribution in [0, 0.1) is 0 Å². The maximum atomic E-state index is 11.8. The van der Waals surface area contributed by atoms with Gasteiger partial charge in [-0.25, -0.2) is 0 Å². The number of aliphatic carboxylic acids is 1. The second-order valence-electron chi connectivity index (χ2n) is 7.04. The summed E-state index contributed by atoms with van der Waals surface area (Å²) in [7, 11) is 2.07. The molecule has 0 bridgehead atoms. The SMILES string of the molecule is BCCCCC(N)(CN[C@@H](c1ccccc1)[C@H](O)c1ccccc1)C(=O)O. The minimum atomic E-state index is -1.36. The van der Waals surface area contributed by atoms with Gasteiger partial charge in [-0.15, -0.1) is 0 Å². The normalized spacial score (nSPS) is 15.6. The van der Waals surface area contributed by atoms with E-state index in [1.54, 1.807) is 0 Å². The number of hydrogen-bond acceptors (Lipinski definition) is 4.